The average Bonchev–Trinajstić information content (AvgIpc) is 3.32. The van der Waals surface area contributed by atoms with Gasteiger partial charge in [-0.1, -0.05) is 30.3 Å². The molecule has 28 heavy (non-hydrogen) atoms. The maximum Gasteiger partial charge on any atom is 0.417 e. The molecule has 0 spiro atoms. The highest BCUT2D eigenvalue weighted by atomic mass is 19.4. The summed E-state index contributed by atoms with van der Waals surface area (Å²) >= 11 is 0. The lowest BCUT2D eigenvalue weighted by Crippen LogP contribution is -2.06. The number of para-hydroxylation sites is 2. The van der Waals surface area contributed by atoms with E-state index in [9.17, 15) is 18.4 Å². The number of nitrogens with one attached hydrogen (secondary N) is 1. The number of aromatic nitrogens is 2. The summed E-state index contributed by atoms with van der Waals surface area (Å²) < 4.78 is 45.2. The number of allylic oxidation sites excluding steroid dienone is 1. The largest absolute Gasteiger partial charge is 0.457 e. The molecule has 7 heteroatoms. The van der Waals surface area contributed by atoms with E-state index < -0.39 is 11.7 Å². The number of H-pyrrole nitrogens is 1. The lowest BCUT2D eigenvalue weighted by molar-refractivity contribution is -0.137. The monoisotopic (exact) mass is 379 g/mol. The molecular formula is C21H12F3N3O. The fourth-order valence-corrected chi connectivity index (χ4v) is 2.90. The van der Waals surface area contributed by atoms with Gasteiger partial charge in [0.25, 0.3) is 0 Å². The maximum absolute atomic E-state index is 13.2. The second-order valence-corrected chi connectivity index (χ2v) is 6.02. The molecule has 2 heterocycles. The molecule has 0 atom stereocenters. The molecule has 0 fully saturated rings. The number of furan rings is 1. The van der Waals surface area contributed by atoms with E-state index in [1.54, 1.807) is 0 Å². The van der Waals surface area contributed by atoms with Crippen LogP contribution in [0.5, 0.6) is 0 Å². The van der Waals surface area contributed by atoms with E-state index >= 15 is 0 Å². The molecule has 0 aliphatic heterocycles. The van der Waals surface area contributed by atoms with Crippen LogP contribution in [0.4, 0.5) is 13.2 Å². The van der Waals surface area contributed by atoms with Crippen LogP contribution in [0.2, 0.25) is 0 Å². The second kappa shape index (κ2) is 6.74. The molecule has 1 N–H and O–H groups in total. The molecule has 0 bridgehead atoms. The molecule has 2 aromatic carbocycles. The summed E-state index contributed by atoms with van der Waals surface area (Å²) in [6, 6.07) is 17.5. The van der Waals surface area contributed by atoms with Crippen molar-refractivity contribution >= 4 is 22.7 Å². The number of hydrogen-bond acceptors (Lipinski definition) is 3. The zero-order valence-electron chi connectivity index (χ0n) is 14.3. The van der Waals surface area contributed by atoms with Crippen molar-refractivity contribution in [3.63, 3.8) is 0 Å². The van der Waals surface area contributed by atoms with Crippen molar-refractivity contribution in [2.45, 2.75) is 6.18 Å². The third-order valence-electron chi connectivity index (χ3n) is 4.18. The van der Waals surface area contributed by atoms with Gasteiger partial charge in [-0.3, -0.25) is 0 Å². The van der Waals surface area contributed by atoms with E-state index in [2.05, 4.69) is 9.97 Å². The van der Waals surface area contributed by atoms with Gasteiger partial charge in [0, 0.05) is 11.6 Å². The molecule has 138 valence electrons. The van der Waals surface area contributed by atoms with Crippen LogP contribution < -0.4 is 0 Å². The van der Waals surface area contributed by atoms with Crippen LogP contribution in [-0.2, 0) is 6.18 Å². The first-order chi connectivity index (χ1) is 13.5. The molecule has 0 unspecified atom stereocenters. The lowest BCUT2D eigenvalue weighted by Gasteiger charge is -2.10. The van der Waals surface area contributed by atoms with Gasteiger partial charge < -0.3 is 9.40 Å². The summed E-state index contributed by atoms with van der Waals surface area (Å²) in [5.74, 6) is 0.683. The lowest BCUT2D eigenvalue weighted by atomic mass is 10.1. The fraction of sp³-hybridized carbons (Fsp3) is 0.0476. The molecule has 0 saturated heterocycles. The number of halogens is 3. The summed E-state index contributed by atoms with van der Waals surface area (Å²) in [7, 11) is 0. The third-order valence-corrected chi connectivity index (χ3v) is 4.18. The average molecular weight is 379 g/mol. The van der Waals surface area contributed by atoms with Gasteiger partial charge >= 0.3 is 6.18 Å². The van der Waals surface area contributed by atoms with Crippen molar-refractivity contribution in [1.29, 1.82) is 5.26 Å². The Morgan fingerprint density at radius 3 is 2.54 bits per heavy atom. The summed E-state index contributed by atoms with van der Waals surface area (Å²) in [4.78, 5) is 7.40. The first-order valence-corrected chi connectivity index (χ1v) is 8.29. The summed E-state index contributed by atoms with van der Waals surface area (Å²) in [5.41, 5.74) is 0.853. The first kappa shape index (κ1) is 17.6. The molecule has 4 rings (SSSR count). The van der Waals surface area contributed by atoms with Crippen LogP contribution in [0.1, 0.15) is 17.1 Å². The van der Waals surface area contributed by atoms with E-state index in [4.69, 9.17) is 4.42 Å². The minimum atomic E-state index is -4.49. The number of aromatic amines is 1. The predicted molar refractivity (Wildman–Crippen MR) is 98.7 cm³/mol. The van der Waals surface area contributed by atoms with Crippen LogP contribution in [0, 0.1) is 11.3 Å². The number of alkyl halides is 3. The summed E-state index contributed by atoms with van der Waals surface area (Å²) in [6.45, 7) is 0. The number of fused-ring (bicyclic) bond motifs is 1. The minimum Gasteiger partial charge on any atom is -0.457 e. The zero-order valence-corrected chi connectivity index (χ0v) is 14.3. The first-order valence-electron chi connectivity index (χ1n) is 8.29. The van der Waals surface area contributed by atoms with Crippen molar-refractivity contribution in [3.8, 4) is 17.4 Å². The van der Waals surface area contributed by atoms with Crippen molar-refractivity contribution in [1.82, 2.24) is 9.97 Å². The van der Waals surface area contributed by atoms with E-state index in [0.717, 1.165) is 11.6 Å². The third kappa shape index (κ3) is 3.28. The van der Waals surface area contributed by atoms with Gasteiger partial charge in [-0.15, -0.1) is 0 Å². The van der Waals surface area contributed by atoms with Gasteiger partial charge in [-0.2, -0.15) is 18.4 Å². The molecular weight excluding hydrogens is 367 g/mol. The Kier molecular flexibility index (Phi) is 4.24. The molecule has 4 aromatic rings. The molecule has 0 saturated carbocycles. The van der Waals surface area contributed by atoms with Crippen LogP contribution in [-0.4, -0.2) is 9.97 Å². The van der Waals surface area contributed by atoms with Gasteiger partial charge in [0.2, 0.25) is 0 Å². The Morgan fingerprint density at radius 1 is 1.04 bits per heavy atom. The van der Waals surface area contributed by atoms with Crippen LogP contribution in [0.3, 0.4) is 0 Å². The van der Waals surface area contributed by atoms with Crippen molar-refractivity contribution < 1.29 is 17.6 Å². The number of imidazole rings is 1. The number of rotatable bonds is 3. The molecule has 0 aliphatic rings. The van der Waals surface area contributed by atoms with Crippen LogP contribution in [0.15, 0.2) is 65.1 Å². The Balaban J connectivity index is 1.72. The van der Waals surface area contributed by atoms with Crippen LogP contribution in [0.25, 0.3) is 34.0 Å². The topological polar surface area (TPSA) is 65.6 Å². The number of benzene rings is 2. The van der Waals surface area contributed by atoms with E-state index in [0.29, 0.717) is 11.3 Å². The van der Waals surface area contributed by atoms with Crippen LogP contribution >= 0.6 is 0 Å². The zero-order chi connectivity index (χ0) is 19.7. The summed E-state index contributed by atoms with van der Waals surface area (Å²) in [6.07, 6.45) is -3.05. The van der Waals surface area contributed by atoms with E-state index in [-0.39, 0.29) is 22.7 Å². The second-order valence-electron chi connectivity index (χ2n) is 6.02. The number of nitriles is 1. The Labute approximate surface area is 157 Å². The number of hydrogen-bond donors (Lipinski definition) is 1. The normalized spacial score (nSPS) is 12.3. The molecule has 4 nitrogen and oxygen atoms in total. The Hall–Kier alpha value is -3.79. The van der Waals surface area contributed by atoms with Gasteiger partial charge in [0.15, 0.2) is 0 Å². The van der Waals surface area contributed by atoms with Gasteiger partial charge in [-0.25, -0.2) is 4.98 Å². The summed E-state index contributed by atoms with van der Waals surface area (Å²) in [5, 5.41) is 9.47. The maximum atomic E-state index is 13.2. The Morgan fingerprint density at radius 2 is 1.79 bits per heavy atom. The Bertz CT molecular complexity index is 1190. The molecule has 0 radical (unpaired) electrons. The molecule has 0 aliphatic carbocycles. The fourth-order valence-electron chi connectivity index (χ4n) is 2.90. The number of nitrogens with zero attached hydrogens (tertiary/aromatic N) is 2. The van der Waals surface area contributed by atoms with Crippen molar-refractivity contribution in [2.24, 2.45) is 0 Å². The highest BCUT2D eigenvalue weighted by Crippen LogP contribution is 2.37. The van der Waals surface area contributed by atoms with Crippen molar-refractivity contribution in [3.05, 3.63) is 77.8 Å². The molecule has 2 aromatic heterocycles. The van der Waals surface area contributed by atoms with Gasteiger partial charge in [0.1, 0.15) is 23.4 Å². The smallest absolute Gasteiger partial charge is 0.417 e. The van der Waals surface area contributed by atoms with E-state index in [1.165, 1.54) is 36.4 Å². The van der Waals surface area contributed by atoms with Gasteiger partial charge in [0.05, 0.1) is 22.2 Å². The highest BCUT2D eigenvalue weighted by molar-refractivity contribution is 5.89. The SMILES string of the molecule is N#C/C(=C\c1ccc(-c2ccccc2C(F)(F)F)o1)c1nc2ccccc2[nH]1. The minimum absolute atomic E-state index is 0.0584. The molecule has 0 amide bonds. The van der Waals surface area contributed by atoms with Gasteiger partial charge in [-0.05, 0) is 30.3 Å². The highest BCUT2D eigenvalue weighted by Gasteiger charge is 2.34. The quantitative estimate of drug-likeness (QED) is 0.450. The predicted octanol–water partition coefficient (Wildman–Crippen LogP) is 5.91. The standard InChI is InChI=1S/C21H12F3N3O/c22-21(23,24)16-6-2-1-5-15(16)19-10-9-14(28-19)11-13(12-25)20-26-17-7-3-4-8-18(17)27-20/h1-11H,(H,26,27)/b13-11+. The van der Waals surface area contributed by atoms with E-state index in [1.807, 2.05) is 30.3 Å². The van der Waals surface area contributed by atoms with Crippen molar-refractivity contribution in [2.75, 3.05) is 0 Å².